The number of carbonyl (C=O) groups excluding carboxylic acids is 2. The van der Waals surface area contributed by atoms with E-state index in [-0.39, 0.29) is 28.8 Å². The molecular formula is C21H24FNO5S. The van der Waals surface area contributed by atoms with Crippen molar-refractivity contribution in [1.29, 1.82) is 0 Å². The second-order valence-corrected chi connectivity index (χ2v) is 9.28. The molecule has 2 aromatic rings. The predicted octanol–water partition coefficient (Wildman–Crippen LogP) is 3.22. The first kappa shape index (κ1) is 22.7. The topological polar surface area (TPSA) is 89.5 Å². The smallest absolute Gasteiger partial charge is 0.307 e. The van der Waals surface area contributed by atoms with E-state index in [1.54, 1.807) is 12.1 Å². The average molecular weight is 421 g/mol. The van der Waals surface area contributed by atoms with Crippen LogP contribution >= 0.6 is 0 Å². The highest BCUT2D eigenvalue weighted by Crippen LogP contribution is 2.23. The van der Waals surface area contributed by atoms with Gasteiger partial charge in [0.2, 0.25) is 10.0 Å². The molecule has 2 aromatic carbocycles. The summed E-state index contributed by atoms with van der Waals surface area (Å²) in [6.07, 6.45) is -0.226. The molecule has 8 heteroatoms. The number of esters is 1. The maximum Gasteiger partial charge on any atom is 0.307 e. The van der Waals surface area contributed by atoms with E-state index in [0.717, 1.165) is 17.7 Å². The van der Waals surface area contributed by atoms with E-state index < -0.39 is 34.2 Å². The molecule has 2 rings (SSSR count). The molecule has 0 fully saturated rings. The van der Waals surface area contributed by atoms with E-state index in [1.807, 2.05) is 20.8 Å². The lowest BCUT2D eigenvalue weighted by Crippen LogP contribution is -2.27. The molecule has 156 valence electrons. The van der Waals surface area contributed by atoms with Crippen LogP contribution in [0.1, 0.15) is 43.1 Å². The summed E-state index contributed by atoms with van der Waals surface area (Å²) in [6.45, 7) is 5.43. The lowest BCUT2D eigenvalue weighted by atomic mass is 9.87. The number of carbonyl (C=O) groups is 2. The number of hydrogen-bond donors (Lipinski definition) is 1. The number of rotatable bonds is 8. The van der Waals surface area contributed by atoms with Crippen LogP contribution in [0.15, 0.2) is 53.4 Å². The highest BCUT2D eigenvalue weighted by atomic mass is 32.2. The van der Waals surface area contributed by atoms with Gasteiger partial charge in [-0.2, -0.15) is 0 Å². The summed E-state index contributed by atoms with van der Waals surface area (Å²) in [4.78, 5) is 23.7. The number of ether oxygens (including phenoxy) is 1. The van der Waals surface area contributed by atoms with E-state index in [9.17, 15) is 22.4 Å². The number of benzene rings is 2. The van der Waals surface area contributed by atoms with Crippen LogP contribution in [0.5, 0.6) is 0 Å². The molecule has 0 heterocycles. The zero-order valence-corrected chi connectivity index (χ0v) is 17.4. The van der Waals surface area contributed by atoms with Crippen LogP contribution in [0.2, 0.25) is 0 Å². The highest BCUT2D eigenvalue weighted by molar-refractivity contribution is 7.89. The van der Waals surface area contributed by atoms with Crippen LogP contribution in [0, 0.1) is 5.82 Å². The minimum Gasteiger partial charge on any atom is -0.457 e. The molecule has 0 spiro atoms. The van der Waals surface area contributed by atoms with Crippen molar-refractivity contribution < 1.29 is 27.1 Å². The van der Waals surface area contributed by atoms with Gasteiger partial charge < -0.3 is 4.74 Å². The van der Waals surface area contributed by atoms with Gasteiger partial charge in [-0.15, -0.1) is 0 Å². The normalized spacial score (nSPS) is 11.9. The number of Topliss-reactive ketones (excluding diaryl/α,β-unsaturated/α-hetero) is 1. The minimum atomic E-state index is -3.76. The number of ketones is 1. The standard InChI is InChI=1S/C21H24FNO5S/c1-21(2,3)16-6-10-18(11-7-16)29(26,27)23-13-12-20(25)28-14-19(24)15-4-8-17(22)9-5-15/h4-11,23H,12-14H2,1-3H3. The zero-order chi connectivity index (χ0) is 21.7. The first-order valence-electron chi connectivity index (χ1n) is 9.04. The largest absolute Gasteiger partial charge is 0.457 e. The molecule has 0 aliphatic heterocycles. The summed E-state index contributed by atoms with van der Waals surface area (Å²) in [5.41, 5.74) is 1.13. The number of nitrogens with one attached hydrogen (secondary N) is 1. The van der Waals surface area contributed by atoms with E-state index in [0.29, 0.717) is 0 Å². The van der Waals surface area contributed by atoms with Crippen LogP contribution in [0.25, 0.3) is 0 Å². The Morgan fingerprint density at radius 1 is 1.00 bits per heavy atom. The third-order valence-corrected chi connectivity index (χ3v) is 5.66. The Kier molecular flexibility index (Phi) is 7.26. The Morgan fingerprint density at radius 2 is 1.59 bits per heavy atom. The van der Waals surface area contributed by atoms with Crippen molar-refractivity contribution in [3.63, 3.8) is 0 Å². The molecule has 0 aliphatic rings. The molecule has 0 radical (unpaired) electrons. The molecular weight excluding hydrogens is 397 g/mol. The van der Waals surface area contributed by atoms with Crippen LogP contribution in [0.3, 0.4) is 0 Å². The monoisotopic (exact) mass is 421 g/mol. The van der Waals surface area contributed by atoms with Crippen LogP contribution in [-0.4, -0.2) is 33.3 Å². The van der Waals surface area contributed by atoms with Gasteiger partial charge >= 0.3 is 5.97 Å². The maximum atomic E-state index is 12.8. The molecule has 29 heavy (non-hydrogen) atoms. The number of sulfonamides is 1. The molecule has 0 bridgehead atoms. The van der Waals surface area contributed by atoms with Crippen molar-refractivity contribution in [3.8, 4) is 0 Å². The Bertz CT molecular complexity index is 962. The third kappa shape index (κ3) is 6.76. The summed E-state index contributed by atoms with van der Waals surface area (Å²) in [7, 11) is -3.76. The zero-order valence-electron chi connectivity index (χ0n) is 16.6. The Labute approximate surface area is 170 Å². The molecule has 0 saturated carbocycles. The van der Waals surface area contributed by atoms with E-state index >= 15 is 0 Å². The van der Waals surface area contributed by atoms with Crippen molar-refractivity contribution in [2.45, 2.75) is 37.5 Å². The van der Waals surface area contributed by atoms with E-state index in [4.69, 9.17) is 4.74 Å². The Balaban J connectivity index is 1.81. The fraction of sp³-hybridized carbons (Fsp3) is 0.333. The van der Waals surface area contributed by atoms with Crippen LogP contribution in [0.4, 0.5) is 4.39 Å². The van der Waals surface area contributed by atoms with E-state index in [2.05, 4.69) is 4.72 Å². The first-order chi connectivity index (χ1) is 13.5. The average Bonchev–Trinajstić information content (AvgIpc) is 2.66. The van der Waals surface area contributed by atoms with Gasteiger partial charge in [-0.25, -0.2) is 17.5 Å². The van der Waals surface area contributed by atoms with Crippen molar-refractivity contribution in [2.75, 3.05) is 13.2 Å². The van der Waals surface area contributed by atoms with Gasteiger partial charge in [0.25, 0.3) is 0 Å². The Hall–Kier alpha value is -2.58. The van der Waals surface area contributed by atoms with Crippen molar-refractivity contribution >= 4 is 21.8 Å². The fourth-order valence-corrected chi connectivity index (χ4v) is 3.47. The molecule has 1 N–H and O–H groups in total. The van der Waals surface area contributed by atoms with Gasteiger partial charge in [0.05, 0.1) is 11.3 Å². The van der Waals surface area contributed by atoms with Gasteiger partial charge in [-0.05, 0) is 47.4 Å². The summed E-state index contributed by atoms with van der Waals surface area (Å²) in [5, 5.41) is 0. The van der Waals surface area contributed by atoms with Gasteiger partial charge in [-0.3, -0.25) is 9.59 Å². The minimum absolute atomic E-state index is 0.0924. The predicted molar refractivity (Wildman–Crippen MR) is 107 cm³/mol. The molecule has 0 unspecified atom stereocenters. The molecule has 0 aromatic heterocycles. The quantitative estimate of drug-likeness (QED) is 0.522. The second-order valence-electron chi connectivity index (χ2n) is 7.51. The summed E-state index contributed by atoms with van der Waals surface area (Å²) in [6, 6.07) is 11.4. The van der Waals surface area contributed by atoms with Crippen molar-refractivity contribution in [3.05, 3.63) is 65.5 Å². The maximum absolute atomic E-state index is 12.8. The van der Waals surface area contributed by atoms with Gasteiger partial charge in [0.1, 0.15) is 5.82 Å². The summed E-state index contributed by atoms with van der Waals surface area (Å²) in [5.74, 6) is -1.66. The van der Waals surface area contributed by atoms with Gasteiger partial charge in [-0.1, -0.05) is 32.9 Å². The fourth-order valence-electron chi connectivity index (χ4n) is 2.44. The third-order valence-electron chi connectivity index (χ3n) is 4.18. The molecule has 0 atom stereocenters. The molecule has 0 amide bonds. The highest BCUT2D eigenvalue weighted by Gasteiger charge is 2.18. The van der Waals surface area contributed by atoms with Gasteiger partial charge in [0.15, 0.2) is 12.4 Å². The summed E-state index contributed by atoms with van der Waals surface area (Å²) < 4.78 is 44.6. The molecule has 0 saturated heterocycles. The van der Waals surface area contributed by atoms with Crippen molar-refractivity contribution in [2.24, 2.45) is 0 Å². The van der Waals surface area contributed by atoms with Gasteiger partial charge in [0, 0.05) is 12.1 Å². The lowest BCUT2D eigenvalue weighted by Gasteiger charge is -2.19. The SMILES string of the molecule is CC(C)(C)c1ccc(S(=O)(=O)NCCC(=O)OCC(=O)c2ccc(F)cc2)cc1. The molecule has 0 aliphatic carbocycles. The van der Waals surface area contributed by atoms with Crippen LogP contribution in [-0.2, 0) is 25.0 Å². The lowest BCUT2D eigenvalue weighted by molar-refractivity contribution is -0.142. The first-order valence-corrected chi connectivity index (χ1v) is 10.5. The summed E-state index contributed by atoms with van der Waals surface area (Å²) >= 11 is 0. The van der Waals surface area contributed by atoms with Crippen molar-refractivity contribution in [1.82, 2.24) is 4.72 Å². The van der Waals surface area contributed by atoms with Crippen LogP contribution < -0.4 is 4.72 Å². The number of hydrogen-bond acceptors (Lipinski definition) is 5. The number of halogens is 1. The molecule has 6 nitrogen and oxygen atoms in total. The second kappa shape index (κ2) is 9.28. The Morgan fingerprint density at radius 3 is 2.14 bits per heavy atom. The van der Waals surface area contributed by atoms with E-state index in [1.165, 1.54) is 24.3 Å².